The summed E-state index contributed by atoms with van der Waals surface area (Å²) in [5, 5.41) is 10.6. The van der Waals surface area contributed by atoms with Crippen LogP contribution in [0.1, 0.15) is 36.9 Å². The first-order valence-corrected chi connectivity index (χ1v) is 8.92. The van der Waals surface area contributed by atoms with E-state index >= 15 is 0 Å². The van der Waals surface area contributed by atoms with Gasteiger partial charge in [0.15, 0.2) is 29.9 Å². The van der Waals surface area contributed by atoms with Gasteiger partial charge in [0.05, 0.1) is 12.6 Å². The first kappa shape index (κ1) is 24.8. The maximum Gasteiger partial charge on any atom is 0.433 e. The quantitative estimate of drug-likeness (QED) is 0.153. The van der Waals surface area contributed by atoms with Crippen molar-refractivity contribution >= 4 is 17.8 Å². The van der Waals surface area contributed by atoms with Crippen molar-refractivity contribution in [1.29, 1.82) is 0 Å². The number of carbonyl (C=O) groups is 2. The van der Waals surface area contributed by atoms with Crippen LogP contribution in [0.5, 0.6) is 0 Å². The number of esters is 1. The Labute approximate surface area is 177 Å². The largest absolute Gasteiger partial charge is 0.450 e. The highest BCUT2D eigenvalue weighted by molar-refractivity contribution is 5.89. The molecule has 1 aromatic heterocycles. The highest BCUT2D eigenvalue weighted by atomic mass is 19.2. The lowest BCUT2D eigenvalue weighted by molar-refractivity contribution is -0.402. The van der Waals surface area contributed by atoms with Crippen molar-refractivity contribution in [3.05, 3.63) is 62.7 Å². The molecule has 1 heterocycles. The predicted octanol–water partition coefficient (Wildman–Crippen LogP) is 4.12. The second-order valence-electron chi connectivity index (χ2n) is 7.83. The third kappa shape index (κ3) is 5.59. The number of nitro groups is 1. The van der Waals surface area contributed by atoms with E-state index in [-0.39, 0.29) is 6.54 Å². The van der Waals surface area contributed by atoms with E-state index in [0.717, 1.165) is 17.0 Å². The minimum absolute atomic E-state index is 0.199. The molecule has 0 fully saturated rings. The molecular weight excluding hydrogens is 447 g/mol. The van der Waals surface area contributed by atoms with Crippen LogP contribution in [0.4, 0.5) is 27.8 Å². The number of ether oxygens (including phenoxy) is 1. The molecule has 2 aromatic rings. The first-order chi connectivity index (χ1) is 14.7. The zero-order valence-electron chi connectivity index (χ0n) is 17.0. The van der Waals surface area contributed by atoms with Gasteiger partial charge in [0, 0.05) is 12.1 Å². The summed E-state index contributed by atoms with van der Waals surface area (Å²) in [6, 6.07) is 1.82. The summed E-state index contributed by atoms with van der Waals surface area (Å²) in [5.41, 5.74) is -1.90. The summed E-state index contributed by atoms with van der Waals surface area (Å²) in [6.07, 6.45) is 0. The van der Waals surface area contributed by atoms with Gasteiger partial charge in [0.25, 0.3) is 5.91 Å². The zero-order chi connectivity index (χ0) is 24.4. The van der Waals surface area contributed by atoms with Gasteiger partial charge in [-0.2, -0.15) is 0 Å². The van der Waals surface area contributed by atoms with Crippen molar-refractivity contribution < 1.29 is 45.6 Å². The number of rotatable bonds is 7. The number of benzene rings is 1. The molecule has 1 amide bonds. The van der Waals surface area contributed by atoms with Gasteiger partial charge in [-0.25, -0.2) is 26.7 Å². The Bertz CT molecular complexity index is 1030. The third-order valence-electron chi connectivity index (χ3n) is 3.97. The number of hydrogen-bond acceptors (Lipinski definition) is 6. The van der Waals surface area contributed by atoms with Gasteiger partial charge in [-0.3, -0.25) is 14.9 Å². The summed E-state index contributed by atoms with van der Waals surface area (Å²) in [5.74, 6) is -14.4. The minimum atomic E-state index is -2.33. The highest BCUT2D eigenvalue weighted by Crippen LogP contribution is 2.26. The molecule has 0 bridgehead atoms. The van der Waals surface area contributed by atoms with Gasteiger partial charge in [0.1, 0.15) is 4.92 Å². The molecule has 0 N–H and O–H groups in total. The SMILES string of the molecule is CC(C)(C)CN(Cc1c(F)c(F)c(F)c(F)c1F)C(=O)COC(=O)c1ccc([N+](=O)[O-])o1. The van der Waals surface area contributed by atoms with E-state index in [0.29, 0.717) is 0 Å². The summed E-state index contributed by atoms with van der Waals surface area (Å²) in [7, 11) is 0. The fourth-order valence-electron chi connectivity index (χ4n) is 2.61. The Kier molecular flexibility index (Phi) is 7.21. The molecule has 0 unspecified atom stereocenters. The summed E-state index contributed by atoms with van der Waals surface area (Å²) in [4.78, 5) is 34.9. The van der Waals surface area contributed by atoms with Gasteiger partial charge in [0.2, 0.25) is 11.6 Å². The highest BCUT2D eigenvalue weighted by Gasteiger charge is 2.30. The second-order valence-corrected chi connectivity index (χ2v) is 7.83. The Hall–Kier alpha value is -3.51. The lowest BCUT2D eigenvalue weighted by Gasteiger charge is -2.30. The van der Waals surface area contributed by atoms with Crippen molar-refractivity contribution in [2.24, 2.45) is 5.41 Å². The first-order valence-electron chi connectivity index (χ1n) is 8.92. The molecule has 13 heteroatoms. The van der Waals surface area contributed by atoms with E-state index in [1.807, 2.05) is 0 Å². The van der Waals surface area contributed by atoms with Crippen LogP contribution >= 0.6 is 0 Å². The number of carbonyl (C=O) groups excluding carboxylic acids is 2. The Morgan fingerprint density at radius 2 is 1.56 bits per heavy atom. The van der Waals surface area contributed by atoms with Crippen LogP contribution in [0, 0.1) is 44.6 Å². The molecule has 32 heavy (non-hydrogen) atoms. The number of furan rings is 1. The molecule has 174 valence electrons. The van der Waals surface area contributed by atoms with E-state index in [9.17, 15) is 41.7 Å². The van der Waals surface area contributed by atoms with Crippen molar-refractivity contribution in [2.45, 2.75) is 27.3 Å². The second kappa shape index (κ2) is 9.32. The van der Waals surface area contributed by atoms with Crippen molar-refractivity contribution in [2.75, 3.05) is 13.2 Å². The fraction of sp³-hybridized carbons (Fsp3) is 0.368. The molecule has 0 spiro atoms. The predicted molar refractivity (Wildman–Crippen MR) is 96.7 cm³/mol. The molecular formula is C19H17F5N2O6. The lowest BCUT2D eigenvalue weighted by Crippen LogP contribution is -2.40. The van der Waals surface area contributed by atoms with Gasteiger partial charge in [-0.15, -0.1) is 0 Å². The summed E-state index contributed by atoms with van der Waals surface area (Å²) >= 11 is 0. The van der Waals surface area contributed by atoms with E-state index in [1.165, 1.54) is 0 Å². The number of hydrogen-bond donors (Lipinski definition) is 0. The molecule has 0 saturated heterocycles. The van der Waals surface area contributed by atoms with Gasteiger partial charge in [-0.05, 0) is 11.5 Å². The minimum Gasteiger partial charge on any atom is -0.450 e. The Balaban J connectivity index is 2.23. The van der Waals surface area contributed by atoms with Crippen LogP contribution in [0.2, 0.25) is 0 Å². The van der Waals surface area contributed by atoms with Crippen LogP contribution < -0.4 is 0 Å². The molecule has 1 aromatic carbocycles. The molecule has 2 rings (SSSR count). The zero-order valence-corrected chi connectivity index (χ0v) is 17.0. The van der Waals surface area contributed by atoms with Gasteiger partial charge in [-0.1, -0.05) is 20.8 Å². The molecule has 0 aliphatic heterocycles. The molecule has 0 aliphatic carbocycles. The lowest BCUT2D eigenvalue weighted by atomic mass is 9.95. The van der Waals surface area contributed by atoms with Gasteiger partial charge < -0.3 is 14.1 Å². The fourth-order valence-corrected chi connectivity index (χ4v) is 2.61. The average molecular weight is 464 g/mol. The Morgan fingerprint density at radius 3 is 2.03 bits per heavy atom. The number of nitrogens with zero attached hydrogens (tertiary/aromatic N) is 2. The molecule has 0 atom stereocenters. The van der Waals surface area contributed by atoms with Crippen LogP contribution in [-0.2, 0) is 16.1 Å². The van der Waals surface area contributed by atoms with Crippen LogP contribution in [-0.4, -0.2) is 34.9 Å². The van der Waals surface area contributed by atoms with E-state index in [2.05, 4.69) is 4.42 Å². The van der Waals surface area contributed by atoms with Crippen LogP contribution in [0.15, 0.2) is 16.5 Å². The summed E-state index contributed by atoms with van der Waals surface area (Å²) in [6.45, 7) is 2.74. The van der Waals surface area contributed by atoms with E-state index in [4.69, 9.17) is 4.74 Å². The molecule has 0 saturated carbocycles. The Morgan fingerprint density at radius 1 is 1.03 bits per heavy atom. The molecule has 8 nitrogen and oxygen atoms in total. The average Bonchev–Trinajstić information content (AvgIpc) is 3.21. The molecule has 0 aliphatic rings. The maximum atomic E-state index is 14.1. The normalized spacial score (nSPS) is 11.4. The van der Waals surface area contributed by atoms with Gasteiger partial charge >= 0.3 is 11.9 Å². The smallest absolute Gasteiger partial charge is 0.433 e. The van der Waals surface area contributed by atoms with Crippen molar-refractivity contribution in [3.8, 4) is 0 Å². The standard InChI is InChI=1S/C19H17F5N2O6/c1-19(2,3)8-25(6-9-13(20)15(22)17(24)16(23)14(9)21)11(27)7-31-18(28)10-4-5-12(32-10)26(29)30/h4-5H,6-8H2,1-3H3. The topological polar surface area (TPSA) is 103 Å². The maximum absolute atomic E-state index is 14.1. The van der Waals surface area contributed by atoms with Crippen molar-refractivity contribution in [1.82, 2.24) is 4.90 Å². The number of halogens is 5. The summed E-state index contributed by atoms with van der Waals surface area (Å²) < 4.78 is 77.7. The van der Waals surface area contributed by atoms with E-state index < -0.39 is 81.7 Å². The molecule has 0 radical (unpaired) electrons. The van der Waals surface area contributed by atoms with E-state index in [1.54, 1.807) is 20.8 Å². The third-order valence-corrected chi connectivity index (χ3v) is 3.97. The monoisotopic (exact) mass is 464 g/mol. The van der Waals surface area contributed by atoms with Crippen LogP contribution in [0.25, 0.3) is 0 Å². The van der Waals surface area contributed by atoms with Crippen molar-refractivity contribution in [3.63, 3.8) is 0 Å². The van der Waals surface area contributed by atoms with Crippen LogP contribution in [0.3, 0.4) is 0 Å². The number of amides is 1.